The topological polar surface area (TPSA) is 105 Å². The van der Waals surface area contributed by atoms with Crippen molar-refractivity contribution in [1.29, 1.82) is 0 Å². The number of hydrazone groups is 1. The third-order valence-corrected chi connectivity index (χ3v) is 6.44. The first-order valence-corrected chi connectivity index (χ1v) is 11.2. The maximum atomic E-state index is 13.1. The van der Waals surface area contributed by atoms with E-state index in [0.29, 0.717) is 24.5 Å². The Morgan fingerprint density at radius 3 is 2.42 bits per heavy atom. The van der Waals surface area contributed by atoms with Crippen LogP contribution in [0.15, 0.2) is 88.9 Å². The molecule has 0 heterocycles. The van der Waals surface area contributed by atoms with Gasteiger partial charge in [-0.3, -0.25) is 4.31 Å². The van der Waals surface area contributed by atoms with E-state index < -0.39 is 10.0 Å². The highest BCUT2D eigenvalue weighted by Crippen LogP contribution is 2.27. The van der Waals surface area contributed by atoms with Gasteiger partial charge in [-0.25, -0.2) is 8.42 Å². The van der Waals surface area contributed by atoms with Crippen molar-refractivity contribution in [2.24, 2.45) is 10.9 Å². The predicted octanol–water partition coefficient (Wildman–Crippen LogP) is 2.79. The third-order valence-electron chi connectivity index (χ3n) is 4.60. The van der Waals surface area contributed by atoms with E-state index in [4.69, 9.17) is 10.6 Å². The number of nitrogens with zero attached hydrogens (tertiary/aromatic N) is 2. The number of sulfonamides is 1. The van der Waals surface area contributed by atoms with E-state index in [9.17, 15) is 13.5 Å². The van der Waals surface area contributed by atoms with Gasteiger partial charge in [-0.1, -0.05) is 48.5 Å². The van der Waals surface area contributed by atoms with Gasteiger partial charge in [0.25, 0.3) is 10.0 Å². The van der Waals surface area contributed by atoms with E-state index in [0.717, 1.165) is 11.1 Å². The molecule has 7 nitrogen and oxygen atoms in total. The Labute approximate surface area is 182 Å². The van der Waals surface area contributed by atoms with Crippen LogP contribution >= 0.6 is 0 Å². The molecule has 0 amide bonds. The van der Waals surface area contributed by atoms with Crippen LogP contribution in [0.1, 0.15) is 11.1 Å². The van der Waals surface area contributed by atoms with E-state index in [-0.39, 0.29) is 18.0 Å². The number of anilines is 1. The molecule has 0 radical (unpaired) electrons. The van der Waals surface area contributed by atoms with Crippen molar-refractivity contribution in [2.75, 3.05) is 24.1 Å². The highest BCUT2D eigenvalue weighted by Gasteiger charge is 2.24. The minimum atomic E-state index is -3.81. The fraction of sp³-hybridized carbons (Fsp3) is 0.174. The summed E-state index contributed by atoms with van der Waals surface area (Å²) >= 11 is 0. The highest BCUT2D eigenvalue weighted by molar-refractivity contribution is 7.92. The molecule has 3 rings (SSSR count). The Hall–Kier alpha value is -3.36. The average Bonchev–Trinajstić information content (AvgIpc) is 2.79. The number of hydrogen-bond acceptors (Lipinski definition) is 6. The van der Waals surface area contributed by atoms with Gasteiger partial charge in [0.1, 0.15) is 5.75 Å². The molecule has 8 heteroatoms. The number of benzene rings is 3. The summed E-state index contributed by atoms with van der Waals surface area (Å²) in [6.45, 7) is 0.0698. The molecular formula is C23H25N3O4S. The van der Waals surface area contributed by atoms with Crippen molar-refractivity contribution in [2.45, 2.75) is 11.3 Å². The molecule has 31 heavy (non-hydrogen) atoms. The van der Waals surface area contributed by atoms with Crippen molar-refractivity contribution in [3.8, 4) is 5.75 Å². The lowest BCUT2D eigenvalue weighted by molar-refractivity contribution is 0.306. The average molecular weight is 440 g/mol. The maximum absolute atomic E-state index is 13.1. The maximum Gasteiger partial charge on any atom is 0.264 e. The summed E-state index contributed by atoms with van der Waals surface area (Å²) in [5, 5.41) is 12.9. The Morgan fingerprint density at radius 2 is 1.74 bits per heavy atom. The van der Waals surface area contributed by atoms with E-state index in [2.05, 4.69) is 5.10 Å². The fourth-order valence-corrected chi connectivity index (χ4v) is 4.54. The number of ether oxygens (including phenoxy) is 1. The molecule has 0 saturated carbocycles. The van der Waals surface area contributed by atoms with Crippen molar-refractivity contribution in [1.82, 2.24) is 0 Å². The number of hydrogen-bond donors (Lipinski definition) is 2. The predicted molar refractivity (Wildman–Crippen MR) is 122 cm³/mol. The molecule has 3 aromatic carbocycles. The molecule has 0 aliphatic heterocycles. The molecule has 0 unspecified atom stereocenters. The van der Waals surface area contributed by atoms with Crippen molar-refractivity contribution in [3.05, 3.63) is 90.0 Å². The lowest BCUT2D eigenvalue weighted by Crippen LogP contribution is -2.33. The van der Waals surface area contributed by atoms with Crippen LogP contribution in [0.4, 0.5) is 5.69 Å². The van der Waals surface area contributed by atoms with Crippen LogP contribution < -0.4 is 14.9 Å². The lowest BCUT2D eigenvalue weighted by atomic mass is 10.1. The number of aliphatic hydroxyl groups excluding tert-OH is 1. The molecule has 0 aliphatic rings. The molecule has 0 saturated heterocycles. The SMILES string of the molecule is NN=Cc1ccc(CCOc2cccc(N(CCO)S(=O)(=O)c3ccccc3)c2)cc1. The van der Waals surface area contributed by atoms with E-state index in [1.54, 1.807) is 48.7 Å². The first-order chi connectivity index (χ1) is 15.0. The second kappa shape index (κ2) is 10.6. The summed E-state index contributed by atoms with van der Waals surface area (Å²) in [6.07, 6.45) is 2.26. The Balaban J connectivity index is 1.71. The molecule has 0 bridgehead atoms. The minimum absolute atomic E-state index is 0.0564. The molecule has 0 spiro atoms. The molecule has 3 N–H and O–H groups in total. The standard InChI is InChI=1S/C23H25N3O4S/c24-25-18-20-11-9-19(10-12-20)13-16-30-22-6-4-5-21(17-22)26(14-15-27)31(28,29)23-7-2-1-3-8-23/h1-12,17-18,27H,13-16,24H2. The minimum Gasteiger partial charge on any atom is -0.493 e. The number of rotatable bonds is 10. The fourth-order valence-electron chi connectivity index (χ4n) is 3.07. The van der Waals surface area contributed by atoms with E-state index >= 15 is 0 Å². The molecule has 0 aliphatic carbocycles. The van der Waals surface area contributed by atoms with Crippen LogP contribution in [0.3, 0.4) is 0 Å². The Kier molecular flexibility index (Phi) is 7.64. The quantitative estimate of drug-likeness (QED) is 0.287. The van der Waals surface area contributed by atoms with E-state index in [1.807, 2.05) is 24.3 Å². The number of aliphatic hydroxyl groups is 1. The van der Waals surface area contributed by atoms with Crippen LogP contribution in [0.5, 0.6) is 5.75 Å². The highest BCUT2D eigenvalue weighted by atomic mass is 32.2. The molecule has 0 aromatic heterocycles. The van der Waals surface area contributed by atoms with Gasteiger partial charge in [0, 0.05) is 12.5 Å². The summed E-state index contributed by atoms with van der Waals surface area (Å²) in [6, 6.07) is 22.8. The molecule has 0 fully saturated rings. The zero-order valence-corrected chi connectivity index (χ0v) is 17.8. The third kappa shape index (κ3) is 5.84. The first-order valence-electron chi connectivity index (χ1n) is 9.78. The summed E-state index contributed by atoms with van der Waals surface area (Å²) < 4.78 is 33.2. The second-order valence-electron chi connectivity index (χ2n) is 6.73. The zero-order valence-electron chi connectivity index (χ0n) is 17.0. The van der Waals surface area contributed by atoms with Crippen molar-refractivity contribution < 1.29 is 18.3 Å². The molecular weight excluding hydrogens is 414 g/mol. The number of nitrogens with two attached hydrogens (primary N) is 1. The largest absolute Gasteiger partial charge is 0.493 e. The zero-order chi connectivity index (χ0) is 22.1. The van der Waals surface area contributed by atoms with Gasteiger partial charge < -0.3 is 15.7 Å². The second-order valence-corrected chi connectivity index (χ2v) is 8.59. The van der Waals surface area contributed by atoms with Gasteiger partial charge in [-0.05, 0) is 35.4 Å². The van der Waals surface area contributed by atoms with Crippen molar-refractivity contribution in [3.63, 3.8) is 0 Å². The molecule has 3 aromatic rings. The van der Waals surface area contributed by atoms with Gasteiger partial charge in [0.05, 0.1) is 36.6 Å². The van der Waals surface area contributed by atoms with Crippen LogP contribution in [0.2, 0.25) is 0 Å². The summed E-state index contributed by atoms with van der Waals surface area (Å²) in [5.74, 6) is 5.70. The lowest BCUT2D eigenvalue weighted by Gasteiger charge is -2.24. The monoisotopic (exact) mass is 439 g/mol. The van der Waals surface area contributed by atoms with Gasteiger partial charge >= 0.3 is 0 Å². The van der Waals surface area contributed by atoms with Crippen LogP contribution in [0, 0.1) is 0 Å². The Morgan fingerprint density at radius 1 is 1.00 bits per heavy atom. The summed E-state index contributed by atoms with van der Waals surface area (Å²) in [5.41, 5.74) is 2.45. The summed E-state index contributed by atoms with van der Waals surface area (Å²) in [7, 11) is -3.81. The van der Waals surface area contributed by atoms with Crippen molar-refractivity contribution >= 4 is 21.9 Å². The van der Waals surface area contributed by atoms with Gasteiger partial charge in [-0.15, -0.1) is 0 Å². The molecule has 0 atom stereocenters. The summed E-state index contributed by atoms with van der Waals surface area (Å²) in [4.78, 5) is 0.165. The van der Waals surface area contributed by atoms with Crippen LogP contribution in [-0.2, 0) is 16.4 Å². The van der Waals surface area contributed by atoms with E-state index in [1.165, 1.54) is 16.4 Å². The van der Waals surface area contributed by atoms with Crippen LogP contribution in [0.25, 0.3) is 0 Å². The Bertz CT molecular complexity index is 1100. The first kappa shape index (κ1) is 22.3. The van der Waals surface area contributed by atoms with Gasteiger partial charge in [0.2, 0.25) is 0 Å². The smallest absolute Gasteiger partial charge is 0.264 e. The van der Waals surface area contributed by atoms with Crippen LogP contribution in [-0.4, -0.2) is 39.5 Å². The molecule has 162 valence electrons. The van der Waals surface area contributed by atoms with Gasteiger partial charge in [0.15, 0.2) is 0 Å². The normalized spacial score (nSPS) is 11.5. The van der Waals surface area contributed by atoms with Gasteiger partial charge in [-0.2, -0.15) is 5.10 Å².